The molecular formula is C8H10BrNO. The molecule has 0 bridgehead atoms. The summed E-state index contributed by atoms with van der Waals surface area (Å²) in [6, 6.07) is 7.74. The molecule has 0 aromatic heterocycles. The van der Waals surface area contributed by atoms with Crippen LogP contribution in [0, 0.1) is 0 Å². The zero-order valence-corrected chi connectivity index (χ0v) is 7.67. The summed E-state index contributed by atoms with van der Waals surface area (Å²) in [6.07, 6.45) is 0. The molecule has 1 rings (SSSR count). The van der Waals surface area contributed by atoms with Crippen LogP contribution in [-0.2, 0) is 6.54 Å². The van der Waals surface area contributed by atoms with Gasteiger partial charge in [0.15, 0.2) is 0 Å². The average molecular weight is 216 g/mol. The van der Waals surface area contributed by atoms with Crippen LogP contribution < -0.4 is 10.5 Å². The van der Waals surface area contributed by atoms with Crippen molar-refractivity contribution in [3.8, 4) is 5.75 Å². The molecule has 0 fully saturated rings. The highest BCUT2D eigenvalue weighted by Gasteiger charge is 1.92. The Morgan fingerprint density at radius 1 is 1.45 bits per heavy atom. The summed E-state index contributed by atoms with van der Waals surface area (Å²) in [5.41, 5.74) is 7.05. The molecule has 0 aliphatic carbocycles. The van der Waals surface area contributed by atoms with Crippen molar-refractivity contribution in [2.45, 2.75) is 6.54 Å². The topological polar surface area (TPSA) is 35.2 Å². The third-order valence-electron chi connectivity index (χ3n) is 1.36. The number of hydrogen-bond acceptors (Lipinski definition) is 2. The standard InChI is InChI=1S/C8H10BrNO/c9-6-11-8-3-1-2-7(4-8)5-10/h1-4H,5-6,10H2. The first kappa shape index (κ1) is 8.56. The third kappa shape index (κ3) is 2.52. The van der Waals surface area contributed by atoms with Gasteiger partial charge in [-0.25, -0.2) is 0 Å². The zero-order chi connectivity index (χ0) is 8.10. The minimum Gasteiger partial charge on any atom is -0.482 e. The van der Waals surface area contributed by atoms with Crippen LogP contribution in [-0.4, -0.2) is 5.52 Å². The predicted octanol–water partition coefficient (Wildman–Crippen LogP) is 1.88. The average Bonchev–Trinajstić information content (AvgIpc) is 2.06. The Labute approximate surface area is 74.5 Å². The molecule has 2 N–H and O–H groups in total. The summed E-state index contributed by atoms with van der Waals surface area (Å²) < 4.78 is 5.21. The van der Waals surface area contributed by atoms with Crippen molar-refractivity contribution in [3.05, 3.63) is 29.8 Å². The van der Waals surface area contributed by atoms with E-state index in [9.17, 15) is 0 Å². The first-order chi connectivity index (χ1) is 5.36. The molecular weight excluding hydrogens is 206 g/mol. The van der Waals surface area contributed by atoms with Gasteiger partial charge in [0.25, 0.3) is 0 Å². The fourth-order valence-electron chi connectivity index (χ4n) is 0.825. The summed E-state index contributed by atoms with van der Waals surface area (Å²) >= 11 is 3.18. The SMILES string of the molecule is NCc1cccc(OCBr)c1. The predicted molar refractivity (Wildman–Crippen MR) is 48.8 cm³/mol. The van der Waals surface area contributed by atoms with E-state index in [1.54, 1.807) is 0 Å². The molecule has 0 saturated heterocycles. The van der Waals surface area contributed by atoms with Crippen LogP contribution in [0.5, 0.6) is 5.75 Å². The molecule has 0 aliphatic heterocycles. The van der Waals surface area contributed by atoms with E-state index in [-0.39, 0.29) is 0 Å². The van der Waals surface area contributed by atoms with Gasteiger partial charge >= 0.3 is 0 Å². The molecule has 0 aliphatic rings. The highest BCUT2D eigenvalue weighted by Crippen LogP contribution is 2.12. The molecule has 1 aromatic rings. The Morgan fingerprint density at radius 3 is 2.91 bits per heavy atom. The Balaban J connectivity index is 2.74. The molecule has 3 heteroatoms. The van der Waals surface area contributed by atoms with Gasteiger partial charge in [0.1, 0.15) is 11.3 Å². The fraction of sp³-hybridized carbons (Fsp3) is 0.250. The van der Waals surface area contributed by atoms with Crippen LogP contribution in [0.2, 0.25) is 0 Å². The van der Waals surface area contributed by atoms with Gasteiger partial charge in [-0.3, -0.25) is 0 Å². The van der Waals surface area contributed by atoms with Gasteiger partial charge in [-0.05, 0) is 33.6 Å². The van der Waals surface area contributed by atoms with Crippen molar-refractivity contribution in [2.75, 3.05) is 5.52 Å². The second-order valence-electron chi connectivity index (χ2n) is 2.10. The Morgan fingerprint density at radius 2 is 2.27 bits per heavy atom. The molecule has 0 amide bonds. The van der Waals surface area contributed by atoms with Gasteiger partial charge in [0.05, 0.1) is 0 Å². The highest BCUT2D eigenvalue weighted by atomic mass is 79.9. The van der Waals surface area contributed by atoms with E-state index < -0.39 is 0 Å². The van der Waals surface area contributed by atoms with Gasteiger partial charge in [-0.15, -0.1) is 0 Å². The van der Waals surface area contributed by atoms with Gasteiger partial charge < -0.3 is 10.5 Å². The maximum absolute atomic E-state index is 5.45. The lowest BCUT2D eigenvalue weighted by atomic mass is 10.2. The van der Waals surface area contributed by atoms with Crippen molar-refractivity contribution in [1.29, 1.82) is 0 Å². The van der Waals surface area contributed by atoms with Gasteiger partial charge in [-0.1, -0.05) is 12.1 Å². The van der Waals surface area contributed by atoms with Crippen LogP contribution in [0.15, 0.2) is 24.3 Å². The van der Waals surface area contributed by atoms with Crippen molar-refractivity contribution in [2.24, 2.45) is 5.73 Å². The van der Waals surface area contributed by atoms with E-state index in [1.807, 2.05) is 24.3 Å². The minimum atomic E-state index is 0.515. The molecule has 2 nitrogen and oxygen atoms in total. The molecule has 0 unspecified atom stereocenters. The lowest BCUT2D eigenvalue weighted by Crippen LogP contribution is -1.96. The van der Waals surface area contributed by atoms with E-state index in [4.69, 9.17) is 10.5 Å². The van der Waals surface area contributed by atoms with Gasteiger partial charge in [0, 0.05) is 6.54 Å². The molecule has 60 valence electrons. The maximum Gasteiger partial charge on any atom is 0.143 e. The zero-order valence-electron chi connectivity index (χ0n) is 6.09. The lowest BCUT2D eigenvalue weighted by molar-refractivity contribution is 0.397. The first-order valence-corrected chi connectivity index (χ1v) is 4.46. The summed E-state index contributed by atoms with van der Waals surface area (Å²) in [5, 5.41) is 0. The van der Waals surface area contributed by atoms with Crippen LogP contribution in [0.25, 0.3) is 0 Å². The van der Waals surface area contributed by atoms with Gasteiger partial charge in [-0.2, -0.15) is 0 Å². The molecule has 0 atom stereocenters. The van der Waals surface area contributed by atoms with Gasteiger partial charge in [0.2, 0.25) is 0 Å². The molecule has 0 heterocycles. The summed E-state index contributed by atoms with van der Waals surface area (Å²) in [4.78, 5) is 0. The van der Waals surface area contributed by atoms with Crippen LogP contribution >= 0.6 is 15.9 Å². The van der Waals surface area contributed by atoms with Crippen molar-refractivity contribution >= 4 is 15.9 Å². The second-order valence-corrected chi connectivity index (χ2v) is 2.56. The van der Waals surface area contributed by atoms with Crippen LogP contribution in [0.4, 0.5) is 0 Å². The number of rotatable bonds is 3. The summed E-state index contributed by atoms with van der Waals surface area (Å²) in [6.45, 7) is 0.555. The Kier molecular flexibility index (Phi) is 3.39. The number of halogens is 1. The van der Waals surface area contributed by atoms with Crippen molar-refractivity contribution < 1.29 is 4.74 Å². The van der Waals surface area contributed by atoms with E-state index in [2.05, 4.69) is 15.9 Å². The molecule has 0 spiro atoms. The Hall–Kier alpha value is -0.540. The lowest BCUT2D eigenvalue weighted by Gasteiger charge is -2.02. The largest absolute Gasteiger partial charge is 0.482 e. The van der Waals surface area contributed by atoms with E-state index >= 15 is 0 Å². The molecule has 1 aromatic carbocycles. The monoisotopic (exact) mass is 215 g/mol. The highest BCUT2D eigenvalue weighted by molar-refractivity contribution is 9.09. The second kappa shape index (κ2) is 4.36. The first-order valence-electron chi connectivity index (χ1n) is 3.34. The number of benzene rings is 1. The number of alkyl halides is 1. The van der Waals surface area contributed by atoms with Crippen molar-refractivity contribution in [1.82, 2.24) is 0 Å². The smallest absolute Gasteiger partial charge is 0.143 e. The van der Waals surface area contributed by atoms with E-state index in [1.165, 1.54) is 0 Å². The maximum atomic E-state index is 5.45. The number of nitrogens with two attached hydrogens (primary N) is 1. The fourth-order valence-corrected chi connectivity index (χ4v) is 1.09. The molecule has 11 heavy (non-hydrogen) atoms. The van der Waals surface area contributed by atoms with E-state index in [0.29, 0.717) is 12.1 Å². The van der Waals surface area contributed by atoms with Crippen LogP contribution in [0.1, 0.15) is 5.56 Å². The summed E-state index contributed by atoms with van der Waals surface area (Å²) in [5.74, 6) is 0.852. The Bertz CT molecular complexity index is 227. The number of ether oxygens (including phenoxy) is 1. The van der Waals surface area contributed by atoms with Crippen LogP contribution in [0.3, 0.4) is 0 Å². The molecule has 0 saturated carbocycles. The summed E-state index contributed by atoms with van der Waals surface area (Å²) in [7, 11) is 0. The van der Waals surface area contributed by atoms with Crippen molar-refractivity contribution in [3.63, 3.8) is 0 Å². The quantitative estimate of drug-likeness (QED) is 0.783. The molecule has 0 radical (unpaired) electrons. The normalized spacial score (nSPS) is 9.64. The number of hydrogen-bond donors (Lipinski definition) is 1. The minimum absolute atomic E-state index is 0.515. The third-order valence-corrected chi connectivity index (χ3v) is 1.58. The van der Waals surface area contributed by atoms with E-state index in [0.717, 1.165) is 11.3 Å².